The largest absolute Gasteiger partial charge is 0.463 e. The van der Waals surface area contributed by atoms with Gasteiger partial charge in [-0.3, -0.25) is 20.2 Å². The van der Waals surface area contributed by atoms with E-state index < -0.39 is 29.7 Å². The van der Waals surface area contributed by atoms with Crippen LogP contribution in [0.5, 0.6) is 0 Å². The summed E-state index contributed by atoms with van der Waals surface area (Å²) in [5.41, 5.74) is 5.51. The van der Waals surface area contributed by atoms with E-state index in [9.17, 15) is 24.7 Å². The minimum atomic E-state index is -1.35. The lowest BCUT2D eigenvalue weighted by molar-refractivity contribution is -0.141. The van der Waals surface area contributed by atoms with Gasteiger partial charge < -0.3 is 5.11 Å². The molecule has 2 aromatic rings. The van der Waals surface area contributed by atoms with Crippen LogP contribution >= 0.6 is 0 Å². The Bertz CT molecular complexity index is 874. The van der Waals surface area contributed by atoms with Crippen LogP contribution < -0.4 is 15.9 Å². The second-order valence-electron chi connectivity index (χ2n) is 8.13. The maximum absolute atomic E-state index is 13.2. The van der Waals surface area contributed by atoms with Gasteiger partial charge in [0.1, 0.15) is 0 Å². The monoisotopic (exact) mass is 441 g/mol. The first-order valence-corrected chi connectivity index (χ1v) is 10.7. The molecule has 0 saturated carbocycles. The summed E-state index contributed by atoms with van der Waals surface area (Å²) in [6.07, 6.45) is 0.727. The van der Waals surface area contributed by atoms with Gasteiger partial charge in [-0.05, 0) is 49.3 Å². The Morgan fingerprint density at radius 2 is 1.50 bits per heavy atom. The Balaban J connectivity index is 2.20. The van der Waals surface area contributed by atoms with Crippen molar-refractivity contribution in [2.75, 3.05) is 5.01 Å². The molecule has 0 aromatic heterocycles. The molecule has 2 rings (SSSR count). The van der Waals surface area contributed by atoms with Crippen LogP contribution in [0.25, 0.3) is 0 Å². The molecule has 2 aromatic carbocycles. The minimum absolute atomic E-state index is 0.0730. The number of nitrogens with zero attached hydrogens (tertiary/aromatic N) is 1. The number of hydrogen-bond acceptors (Lipinski definition) is 4. The van der Waals surface area contributed by atoms with Crippen molar-refractivity contribution in [3.63, 3.8) is 0 Å². The SMILES string of the molecule is CC(C)C[C@H](C(=O)NN(C(=O)O)c1ccccc1)[C@H](CCCc1ccccc1)C(=O)NO. The van der Waals surface area contributed by atoms with Crippen LogP contribution in [0.1, 0.15) is 38.7 Å². The molecular formula is C24H31N3O5. The number of nitrogens with one attached hydrogen (secondary N) is 2. The standard InChI is InChI=1S/C24H31N3O5/c1-17(2)16-21(22(28)25-27(24(30)31)19-13-7-4-8-14-19)20(23(29)26-32)15-9-12-18-10-5-3-6-11-18/h3-8,10-11,13-14,17,20-21,32H,9,12,15-16H2,1-2H3,(H,25,28)(H,26,29)(H,30,31)/t20-,21-/m0/s1. The van der Waals surface area contributed by atoms with Crippen molar-refractivity contribution >= 4 is 23.6 Å². The summed E-state index contributed by atoms with van der Waals surface area (Å²) in [4.78, 5) is 37.4. The third-order valence-corrected chi connectivity index (χ3v) is 5.25. The van der Waals surface area contributed by atoms with E-state index >= 15 is 0 Å². The van der Waals surface area contributed by atoms with Gasteiger partial charge in [-0.25, -0.2) is 10.3 Å². The van der Waals surface area contributed by atoms with Gasteiger partial charge in [0.05, 0.1) is 17.5 Å². The molecule has 0 aliphatic carbocycles. The molecule has 172 valence electrons. The summed E-state index contributed by atoms with van der Waals surface area (Å²) >= 11 is 0. The number of carbonyl (C=O) groups excluding carboxylic acids is 2. The predicted octanol–water partition coefficient (Wildman–Crippen LogP) is 4.01. The second kappa shape index (κ2) is 12.5. The first-order valence-electron chi connectivity index (χ1n) is 10.7. The van der Waals surface area contributed by atoms with Gasteiger partial charge in [-0.2, -0.15) is 5.01 Å². The molecule has 0 bridgehead atoms. The highest BCUT2D eigenvalue weighted by Crippen LogP contribution is 2.27. The first-order chi connectivity index (χ1) is 15.3. The topological polar surface area (TPSA) is 119 Å². The first kappa shape index (κ1) is 24.9. The number of hydroxylamine groups is 1. The molecule has 3 amide bonds. The van der Waals surface area contributed by atoms with Crippen LogP contribution in [-0.4, -0.2) is 28.2 Å². The lowest BCUT2D eigenvalue weighted by Gasteiger charge is -2.29. The Labute approximate surface area is 188 Å². The Hall–Kier alpha value is -3.39. The fourth-order valence-corrected chi connectivity index (χ4v) is 3.72. The quantitative estimate of drug-likeness (QED) is 0.328. The average molecular weight is 442 g/mol. The van der Waals surface area contributed by atoms with Gasteiger partial charge in [0.15, 0.2) is 0 Å². The molecule has 0 aliphatic rings. The molecule has 2 atom stereocenters. The van der Waals surface area contributed by atoms with Gasteiger partial charge in [-0.15, -0.1) is 0 Å². The molecule has 0 heterocycles. The van der Waals surface area contributed by atoms with E-state index in [4.69, 9.17) is 0 Å². The van der Waals surface area contributed by atoms with Crippen molar-refractivity contribution in [1.82, 2.24) is 10.9 Å². The highest BCUT2D eigenvalue weighted by molar-refractivity contribution is 5.93. The smallest absolute Gasteiger partial charge is 0.431 e. The van der Waals surface area contributed by atoms with E-state index in [-0.39, 0.29) is 11.6 Å². The number of anilines is 1. The van der Waals surface area contributed by atoms with Gasteiger partial charge in [0, 0.05) is 0 Å². The van der Waals surface area contributed by atoms with Crippen LogP contribution in [0.15, 0.2) is 60.7 Å². The Morgan fingerprint density at radius 1 is 0.906 bits per heavy atom. The molecule has 0 aliphatic heterocycles. The molecule has 0 radical (unpaired) electrons. The molecule has 32 heavy (non-hydrogen) atoms. The zero-order chi connectivity index (χ0) is 23.5. The van der Waals surface area contributed by atoms with Crippen LogP contribution in [0, 0.1) is 17.8 Å². The maximum atomic E-state index is 13.2. The Morgan fingerprint density at radius 3 is 2.03 bits per heavy atom. The van der Waals surface area contributed by atoms with Crippen LogP contribution in [0.2, 0.25) is 0 Å². The van der Waals surface area contributed by atoms with E-state index in [1.54, 1.807) is 35.8 Å². The van der Waals surface area contributed by atoms with E-state index in [1.165, 1.54) is 0 Å². The summed E-state index contributed by atoms with van der Waals surface area (Å²) in [6.45, 7) is 3.84. The van der Waals surface area contributed by atoms with E-state index in [1.807, 2.05) is 44.2 Å². The molecule has 4 N–H and O–H groups in total. The number of amides is 3. The molecule has 0 spiro atoms. The molecule has 8 heteroatoms. The van der Waals surface area contributed by atoms with Crippen molar-refractivity contribution < 1.29 is 24.7 Å². The number of carbonyl (C=O) groups is 3. The molecule has 0 fully saturated rings. The van der Waals surface area contributed by atoms with Crippen molar-refractivity contribution in [2.45, 2.75) is 39.5 Å². The van der Waals surface area contributed by atoms with E-state index in [0.717, 1.165) is 17.0 Å². The number of hydrogen-bond donors (Lipinski definition) is 4. The normalized spacial score (nSPS) is 12.6. The van der Waals surface area contributed by atoms with E-state index in [2.05, 4.69) is 5.43 Å². The Kier molecular flexibility index (Phi) is 9.69. The number of para-hydroxylation sites is 1. The predicted molar refractivity (Wildman–Crippen MR) is 121 cm³/mol. The number of aryl methyl sites for hydroxylation is 1. The summed E-state index contributed by atoms with van der Waals surface area (Å²) < 4.78 is 0. The van der Waals surface area contributed by atoms with Gasteiger partial charge in [0.2, 0.25) is 11.8 Å². The van der Waals surface area contributed by atoms with Gasteiger partial charge >= 0.3 is 6.09 Å². The number of hydrazine groups is 1. The van der Waals surface area contributed by atoms with Gasteiger partial charge in [-0.1, -0.05) is 62.4 Å². The summed E-state index contributed by atoms with van der Waals surface area (Å²) in [6, 6.07) is 18.0. The third kappa shape index (κ3) is 7.39. The fourth-order valence-electron chi connectivity index (χ4n) is 3.72. The molecular weight excluding hydrogens is 410 g/mol. The highest BCUT2D eigenvalue weighted by Gasteiger charge is 2.35. The number of rotatable bonds is 10. The van der Waals surface area contributed by atoms with Crippen LogP contribution in [0.4, 0.5) is 10.5 Å². The maximum Gasteiger partial charge on any atom is 0.431 e. The fraction of sp³-hybridized carbons (Fsp3) is 0.375. The highest BCUT2D eigenvalue weighted by atomic mass is 16.5. The minimum Gasteiger partial charge on any atom is -0.463 e. The second-order valence-corrected chi connectivity index (χ2v) is 8.13. The zero-order valence-corrected chi connectivity index (χ0v) is 18.4. The van der Waals surface area contributed by atoms with Crippen molar-refractivity contribution in [1.29, 1.82) is 0 Å². The summed E-state index contributed by atoms with van der Waals surface area (Å²) in [7, 11) is 0. The lowest BCUT2D eigenvalue weighted by Crippen LogP contribution is -2.51. The molecule has 0 saturated heterocycles. The van der Waals surface area contributed by atoms with Crippen LogP contribution in [-0.2, 0) is 16.0 Å². The van der Waals surface area contributed by atoms with Crippen molar-refractivity contribution in [3.8, 4) is 0 Å². The number of benzene rings is 2. The lowest BCUT2D eigenvalue weighted by atomic mass is 9.81. The molecule has 0 unspecified atom stereocenters. The summed E-state index contributed by atoms with van der Waals surface area (Å²) in [5.74, 6) is -2.79. The van der Waals surface area contributed by atoms with Crippen LogP contribution in [0.3, 0.4) is 0 Å². The molecule has 8 nitrogen and oxygen atoms in total. The zero-order valence-electron chi connectivity index (χ0n) is 18.4. The number of carboxylic acid groups (broad SMARTS) is 1. The summed E-state index contributed by atoms with van der Waals surface area (Å²) in [5, 5.41) is 19.6. The van der Waals surface area contributed by atoms with Gasteiger partial charge in [0.25, 0.3) is 0 Å². The average Bonchev–Trinajstić information content (AvgIpc) is 2.79. The third-order valence-electron chi connectivity index (χ3n) is 5.25. The van der Waals surface area contributed by atoms with Crippen molar-refractivity contribution in [3.05, 3.63) is 66.2 Å². The van der Waals surface area contributed by atoms with E-state index in [0.29, 0.717) is 19.3 Å². The van der Waals surface area contributed by atoms with Crippen molar-refractivity contribution in [2.24, 2.45) is 17.8 Å².